The van der Waals surface area contributed by atoms with Gasteiger partial charge < -0.3 is 0 Å². The van der Waals surface area contributed by atoms with Crippen molar-refractivity contribution in [3.05, 3.63) is 99.6 Å². The number of anilines is 1. The number of carbonyl (C=O) groups is 1. The zero-order valence-corrected chi connectivity index (χ0v) is 16.6. The lowest BCUT2D eigenvalue weighted by molar-refractivity contribution is -0.385. The lowest BCUT2D eigenvalue weighted by Crippen LogP contribution is -2.37. The van der Waals surface area contributed by atoms with Crippen LogP contribution in [-0.2, 0) is 10.0 Å². The van der Waals surface area contributed by atoms with Crippen molar-refractivity contribution in [1.29, 1.82) is 0 Å². The van der Waals surface area contributed by atoms with Crippen molar-refractivity contribution >= 4 is 27.3 Å². The summed E-state index contributed by atoms with van der Waals surface area (Å²) in [5.74, 6) is -0.874. The van der Waals surface area contributed by atoms with Gasteiger partial charge in [0.1, 0.15) is 0 Å². The summed E-state index contributed by atoms with van der Waals surface area (Å²) in [4.78, 5) is 23.9. The highest BCUT2D eigenvalue weighted by Gasteiger charge is 2.32. The zero-order valence-electron chi connectivity index (χ0n) is 15.8. The highest BCUT2D eigenvalue weighted by atomic mass is 32.2. The first-order valence-corrected chi connectivity index (χ1v) is 10.1. The Balaban J connectivity index is 2.18. The zero-order chi connectivity index (χ0) is 21.2. The maximum atomic E-state index is 13.3. The molecule has 0 unspecified atom stereocenters. The Hall–Kier alpha value is -3.52. The number of sulfonamides is 1. The van der Waals surface area contributed by atoms with Gasteiger partial charge in [-0.2, -0.15) is 4.31 Å². The molecule has 0 N–H and O–H groups in total. The van der Waals surface area contributed by atoms with Crippen LogP contribution in [0.3, 0.4) is 0 Å². The van der Waals surface area contributed by atoms with Crippen molar-refractivity contribution in [2.75, 3.05) is 4.31 Å². The Morgan fingerprint density at radius 2 is 1.55 bits per heavy atom. The molecule has 29 heavy (non-hydrogen) atoms. The van der Waals surface area contributed by atoms with Gasteiger partial charge in [0.15, 0.2) is 0 Å². The molecule has 8 heteroatoms. The smallest absolute Gasteiger partial charge is 0.268 e. The number of rotatable bonds is 5. The molecule has 0 aliphatic heterocycles. The van der Waals surface area contributed by atoms with E-state index in [-0.39, 0.29) is 21.8 Å². The van der Waals surface area contributed by atoms with Gasteiger partial charge in [-0.25, -0.2) is 8.42 Å². The van der Waals surface area contributed by atoms with Crippen LogP contribution in [0.1, 0.15) is 21.5 Å². The molecule has 0 aromatic heterocycles. The third-order valence-electron chi connectivity index (χ3n) is 4.39. The van der Waals surface area contributed by atoms with E-state index in [9.17, 15) is 23.3 Å². The predicted molar refractivity (Wildman–Crippen MR) is 109 cm³/mol. The summed E-state index contributed by atoms with van der Waals surface area (Å²) in [6, 6.07) is 17.9. The average molecular weight is 410 g/mol. The van der Waals surface area contributed by atoms with Crippen LogP contribution in [0.2, 0.25) is 0 Å². The van der Waals surface area contributed by atoms with Gasteiger partial charge in [-0.05, 0) is 44.2 Å². The minimum Gasteiger partial charge on any atom is -0.268 e. The number of nitro groups is 1. The Bertz CT molecular complexity index is 1170. The quantitative estimate of drug-likeness (QED) is 0.463. The Morgan fingerprint density at radius 3 is 2.14 bits per heavy atom. The van der Waals surface area contributed by atoms with E-state index >= 15 is 0 Å². The molecule has 0 aliphatic carbocycles. The van der Waals surface area contributed by atoms with E-state index in [1.807, 2.05) is 6.92 Å². The topological polar surface area (TPSA) is 97.6 Å². The monoisotopic (exact) mass is 410 g/mol. The number of aryl methyl sites for hydroxylation is 2. The van der Waals surface area contributed by atoms with E-state index in [1.165, 1.54) is 36.4 Å². The molecule has 0 heterocycles. The highest BCUT2D eigenvalue weighted by Crippen LogP contribution is 2.28. The minimum atomic E-state index is -4.24. The number of carbonyl (C=O) groups excluding carboxylic acids is 1. The van der Waals surface area contributed by atoms with Gasteiger partial charge in [0.25, 0.3) is 21.6 Å². The van der Waals surface area contributed by atoms with Crippen molar-refractivity contribution < 1.29 is 18.1 Å². The third kappa shape index (κ3) is 4.02. The molecule has 1 amide bonds. The van der Waals surface area contributed by atoms with Crippen LogP contribution in [0.5, 0.6) is 0 Å². The normalized spacial score (nSPS) is 11.1. The fourth-order valence-electron chi connectivity index (χ4n) is 2.80. The van der Waals surface area contributed by atoms with Crippen molar-refractivity contribution in [1.82, 2.24) is 0 Å². The van der Waals surface area contributed by atoms with Crippen LogP contribution in [0.25, 0.3) is 0 Å². The largest absolute Gasteiger partial charge is 0.273 e. The molecule has 0 aliphatic rings. The van der Waals surface area contributed by atoms with E-state index in [2.05, 4.69) is 0 Å². The standard InChI is InChI=1S/C21H18N2O5S/c1-15-8-12-18(13-9-15)22(29(27,28)19-6-4-3-5-7-19)21(24)17-11-10-16(2)20(14-17)23(25)26/h3-14H,1-2H3. The first kappa shape index (κ1) is 20.2. The highest BCUT2D eigenvalue weighted by molar-refractivity contribution is 7.93. The molecule has 0 atom stereocenters. The number of amides is 1. The van der Waals surface area contributed by atoms with Crippen LogP contribution in [-0.4, -0.2) is 19.2 Å². The van der Waals surface area contributed by atoms with Gasteiger partial charge in [-0.1, -0.05) is 42.0 Å². The van der Waals surface area contributed by atoms with E-state index in [1.54, 1.807) is 37.3 Å². The van der Waals surface area contributed by atoms with Crippen LogP contribution >= 0.6 is 0 Å². The fourth-order valence-corrected chi connectivity index (χ4v) is 4.23. The molecule has 0 saturated heterocycles. The Morgan fingerprint density at radius 1 is 0.931 bits per heavy atom. The molecule has 3 aromatic carbocycles. The molecule has 3 rings (SSSR count). The Labute approximate surface area is 168 Å². The molecular weight excluding hydrogens is 392 g/mol. The van der Waals surface area contributed by atoms with Crippen molar-refractivity contribution in [2.45, 2.75) is 18.7 Å². The van der Waals surface area contributed by atoms with Crippen LogP contribution in [0, 0.1) is 24.0 Å². The molecule has 0 bridgehead atoms. The van der Waals surface area contributed by atoms with E-state index in [4.69, 9.17) is 0 Å². The predicted octanol–water partition coefficient (Wildman–Crippen LogP) is 4.25. The minimum absolute atomic E-state index is 0.0597. The van der Waals surface area contributed by atoms with Crippen LogP contribution in [0.4, 0.5) is 11.4 Å². The first-order valence-electron chi connectivity index (χ1n) is 8.68. The maximum absolute atomic E-state index is 13.3. The number of hydrogen-bond donors (Lipinski definition) is 0. The van der Waals surface area contributed by atoms with Gasteiger partial charge in [0.05, 0.1) is 15.5 Å². The van der Waals surface area contributed by atoms with Crippen LogP contribution < -0.4 is 4.31 Å². The SMILES string of the molecule is Cc1ccc(N(C(=O)c2ccc(C)c([N+](=O)[O-])c2)S(=O)(=O)c2ccccc2)cc1. The number of nitrogens with zero attached hydrogens (tertiary/aromatic N) is 2. The number of nitro benzene ring substituents is 1. The van der Waals surface area contributed by atoms with Gasteiger partial charge in [0.2, 0.25) is 0 Å². The van der Waals surface area contributed by atoms with Crippen LogP contribution in [0.15, 0.2) is 77.7 Å². The summed E-state index contributed by atoms with van der Waals surface area (Å²) in [6.07, 6.45) is 0. The fraction of sp³-hybridized carbons (Fsp3) is 0.0952. The number of benzene rings is 3. The summed E-state index contributed by atoms with van der Waals surface area (Å²) in [5, 5.41) is 11.3. The van der Waals surface area contributed by atoms with Crippen molar-refractivity contribution in [3.8, 4) is 0 Å². The lowest BCUT2D eigenvalue weighted by Gasteiger charge is -2.23. The molecular formula is C21H18N2O5S. The lowest BCUT2D eigenvalue weighted by atomic mass is 10.1. The second-order valence-electron chi connectivity index (χ2n) is 6.48. The second kappa shape index (κ2) is 7.84. The average Bonchev–Trinajstić information content (AvgIpc) is 2.70. The van der Waals surface area contributed by atoms with Gasteiger partial charge in [-0.3, -0.25) is 14.9 Å². The summed E-state index contributed by atoms with van der Waals surface area (Å²) >= 11 is 0. The maximum Gasteiger partial charge on any atom is 0.273 e. The summed E-state index contributed by atoms with van der Waals surface area (Å²) in [5.41, 5.74) is 1.07. The van der Waals surface area contributed by atoms with Crippen molar-refractivity contribution in [3.63, 3.8) is 0 Å². The Kier molecular flexibility index (Phi) is 5.47. The summed E-state index contributed by atoms with van der Waals surface area (Å²) in [6.45, 7) is 3.38. The molecule has 0 fully saturated rings. The van der Waals surface area contributed by atoms with E-state index in [0.29, 0.717) is 9.87 Å². The molecule has 0 saturated carbocycles. The van der Waals surface area contributed by atoms with Gasteiger partial charge >= 0.3 is 0 Å². The van der Waals surface area contributed by atoms with E-state index < -0.39 is 20.9 Å². The second-order valence-corrected chi connectivity index (χ2v) is 8.27. The third-order valence-corrected chi connectivity index (χ3v) is 6.11. The van der Waals surface area contributed by atoms with Gasteiger partial charge in [-0.15, -0.1) is 0 Å². The molecule has 7 nitrogen and oxygen atoms in total. The molecule has 3 aromatic rings. The molecule has 0 spiro atoms. The first-order chi connectivity index (χ1) is 13.7. The van der Waals surface area contributed by atoms with Gasteiger partial charge in [0, 0.05) is 17.2 Å². The summed E-state index contributed by atoms with van der Waals surface area (Å²) < 4.78 is 27.3. The van der Waals surface area contributed by atoms with Crippen molar-refractivity contribution in [2.24, 2.45) is 0 Å². The molecule has 148 valence electrons. The summed E-state index contributed by atoms with van der Waals surface area (Å²) in [7, 11) is -4.24. The number of hydrogen-bond acceptors (Lipinski definition) is 5. The molecule has 0 radical (unpaired) electrons. The van der Waals surface area contributed by atoms with E-state index in [0.717, 1.165) is 11.6 Å².